The Morgan fingerprint density at radius 1 is 1.30 bits per heavy atom. The zero-order valence-corrected chi connectivity index (χ0v) is 17.3. The minimum Gasteiger partial charge on any atom is -0.504 e. The highest BCUT2D eigenvalue weighted by molar-refractivity contribution is 5.98. The molecule has 30 heavy (non-hydrogen) atoms. The van der Waals surface area contributed by atoms with Gasteiger partial charge in [0.05, 0.1) is 17.7 Å². The number of phenolic OH excluding ortho intramolecular Hbond substituents is 2. The normalized spacial score (nSPS) is 30.1. The van der Waals surface area contributed by atoms with Crippen LogP contribution in [0.1, 0.15) is 37.7 Å². The van der Waals surface area contributed by atoms with Crippen LogP contribution >= 0.6 is 0 Å². The predicted octanol–water partition coefficient (Wildman–Crippen LogP) is 1.23. The second kappa shape index (κ2) is 8.81. The first-order valence-corrected chi connectivity index (χ1v) is 10.8. The van der Waals surface area contributed by atoms with Crippen LogP contribution in [0.2, 0.25) is 0 Å². The van der Waals surface area contributed by atoms with E-state index in [9.17, 15) is 20.1 Å². The van der Waals surface area contributed by atoms with E-state index in [-0.39, 0.29) is 36.0 Å². The van der Waals surface area contributed by atoms with Gasteiger partial charge in [0.25, 0.3) is 0 Å². The van der Waals surface area contributed by atoms with E-state index in [0.717, 1.165) is 13.0 Å². The number of amides is 1. The van der Waals surface area contributed by atoms with Crippen LogP contribution in [-0.2, 0) is 9.53 Å². The number of likely N-dealkylation sites (N-methyl/N-ethyl adjacent to an activating group) is 1. The number of piperidine rings is 1. The van der Waals surface area contributed by atoms with Crippen LogP contribution in [0.15, 0.2) is 23.2 Å². The number of carbonyl (C=O) groups excluding carboxylic acids is 1. The van der Waals surface area contributed by atoms with Gasteiger partial charge in [0, 0.05) is 20.1 Å². The Balaban J connectivity index is 1.46. The molecule has 164 valence electrons. The van der Waals surface area contributed by atoms with E-state index < -0.39 is 12.1 Å². The Bertz CT molecular complexity index is 814. The van der Waals surface area contributed by atoms with Crippen LogP contribution in [0.3, 0.4) is 0 Å². The SMILES string of the molecule is CNC(=O)C1CC2CCCCC2CN1CC(O)[C@@H]1COC(c2cccc(O)c2O)=N1. The molecule has 0 bridgehead atoms. The second-order valence-corrected chi connectivity index (χ2v) is 8.68. The number of phenols is 2. The number of nitrogens with one attached hydrogen (secondary N) is 1. The molecule has 3 aliphatic rings. The average Bonchev–Trinajstić information content (AvgIpc) is 3.25. The molecule has 5 atom stereocenters. The molecule has 0 radical (unpaired) electrons. The van der Waals surface area contributed by atoms with Gasteiger partial charge in [0.1, 0.15) is 12.6 Å². The third-order valence-corrected chi connectivity index (χ3v) is 6.84. The van der Waals surface area contributed by atoms with E-state index in [1.165, 1.54) is 31.7 Å². The Morgan fingerprint density at radius 2 is 2.07 bits per heavy atom. The number of aliphatic hydroxyl groups excluding tert-OH is 1. The number of β-amino-alcohol motifs (C(OH)–C–C–N with tert-alkyl or cyclic N) is 1. The molecule has 1 aromatic rings. The molecule has 1 saturated heterocycles. The Kier molecular flexibility index (Phi) is 6.15. The average molecular weight is 418 g/mol. The lowest BCUT2D eigenvalue weighted by molar-refractivity contribution is -0.130. The van der Waals surface area contributed by atoms with E-state index in [1.807, 2.05) is 0 Å². The number of aromatic hydroxyl groups is 2. The highest BCUT2D eigenvalue weighted by atomic mass is 16.5. The lowest BCUT2D eigenvalue weighted by atomic mass is 9.72. The number of hydrogen-bond donors (Lipinski definition) is 4. The molecule has 4 rings (SSSR count). The van der Waals surface area contributed by atoms with Crippen LogP contribution in [0.25, 0.3) is 0 Å². The van der Waals surface area contributed by atoms with Crippen LogP contribution in [0.5, 0.6) is 11.5 Å². The van der Waals surface area contributed by atoms with E-state index >= 15 is 0 Å². The summed E-state index contributed by atoms with van der Waals surface area (Å²) < 4.78 is 5.60. The van der Waals surface area contributed by atoms with Crippen molar-refractivity contribution in [3.63, 3.8) is 0 Å². The Labute approximate surface area is 176 Å². The van der Waals surface area contributed by atoms with Crippen molar-refractivity contribution in [1.82, 2.24) is 10.2 Å². The summed E-state index contributed by atoms with van der Waals surface area (Å²) in [5, 5.41) is 33.4. The summed E-state index contributed by atoms with van der Waals surface area (Å²) in [6.07, 6.45) is 4.89. The van der Waals surface area contributed by atoms with Crippen molar-refractivity contribution < 1.29 is 24.9 Å². The van der Waals surface area contributed by atoms with Crippen molar-refractivity contribution in [2.75, 3.05) is 26.7 Å². The number of para-hydroxylation sites is 1. The fraction of sp³-hybridized carbons (Fsp3) is 0.636. The van der Waals surface area contributed by atoms with Crippen molar-refractivity contribution in [2.45, 2.75) is 50.3 Å². The molecule has 1 amide bonds. The van der Waals surface area contributed by atoms with Gasteiger partial charge in [-0.05, 0) is 36.8 Å². The van der Waals surface area contributed by atoms with Gasteiger partial charge in [-0.3, -0.25) is 9.69 Å². The fourth-order valence-electron chi connectivity index (χ4n) is 5.14. The van der Waals surface area contributed by atoms with Gasteiger partial charge in [-0.1, -0.05) is 25.3 Å². The molecule has 1 saturated carbocycles. The van der Waals surface area contributed by atoms with Crippen molar-refractivity contribution in [3.05, 3.63) is 23.8 Å². The van der Waals surface area contributed by atoms with Crippen molar-refractivity contribution in [3.8, 4) is 11.5 Å². The van der Waals surface area contributed by atoms with E-state index in [2.05, 4.69) is 15.2 Å². The number of rotatable bonds is 5. The molecular weight excluding hydrogens is 386 g/mol. The summed E-state index contributed by atoms with van der Waals surface area (Å²) >= 11 is 0. The molecule has 4 N–H and O–H groups in total. The van der Waals surface area contributed by atoms with Crippen molar-refractivity contribution >= 4 is 11.8 Å². The molecule has 2 aliphatic heterocycles. The van der Waals surface area contributed by atoms with Gasteiger partial charge in [0.15, 0.2) is 11.5 Å². The minimum atomic E-state index is -0.797. The number of ether oxygens (including phenoxy) is 1. The van der Waals surface area contributed by atoms with Crippen LogP contribution < -0.4 is 5.32 Å². The first-order chi connectivity index (χ1) is 14.5. The zero-order valence-electron chi connectivity index (χ0n) is 17.3. The standard InChI is InChI=1S/C22H31N3O5/c1-23-21(29)17-9-13-5-2-3-6-14(13)10-25(17)11-19(27)16-12-30-22(24-16)15-7-4-8-18(26)20(15)28/h4,7-8,13-14,16-17,19,26-28H,2-3,5-6,9-12H2,1H3,(H,23,29)/t13?,14?,16-,17?,19?/m0/s1. The zero-order chi connectivity index (χ0) is 21.3. The molecule has 8 heteroatoms. The van der Waals surface area contributed by atoms with Crippen molar-refractivity contribution in [1.29, 1.82) is 0 Å². The third-order valence-electron chi connectivity index (χ3n) is 6.84. The first-order valence-electron chi connectivity index (χ1n) is 10.8. The molecule has 2 heterocycles. The van der Waals surface area contributed by atoms with Crippen LogP contribution in [0, 0.1) is 11.8 Å². The van der Waals surface area contributed by atoms with E-state index in [4.69, 9.17) is 4.74 Å². The van der Waals surface area contributed by atoms with Gasteiger partial charge >= 0.3 is 0 Å². The largest absolute Gasteiger partial charge is 0.504 e. The third kappa shape index (κ3) is 4.11. The summed E-state index contributed by atoms with van der Waals surface area (Å²) in [5.41, 5.74) is 0.302. The van der Waals surface area contributed by atoms with Crippen molar-refractivity contribution in [2.24, 2.45) is 16.8 Å². The lowest BCUT2D eigenvalue weighted by Crippen LogP contribution is -2.56. The van der Waals surface area contributed by atoms with E-state index in [0.29, 0.717) is 23.9 Å². The summed E-state index contributed by atoms with van der Waals surface area (Å²) in [6.45, 7) is 1.35. The summed E-state index contributed by atoms with van der Waals surface area (Å²) in [6, 6.07) is 3.87. The molecule has 2 fully saturated rings. The summed E-state index contributed by atoms with van der Waals surface area (Å²) in [5.74, 6) is 0.846. The highest BCUT2D eigenvalue weighted by Crippen LogP contribution is 2.39. The number of carbonyl (C=O) groups is 1. The number of fused-ring (bicyclic) bond motifs is 1. The van der Waals surface area contributed by atoms with Crippen LogP contribution in [0.4, 0.5) is 0 Å². The number of benzene rings is 1. The highest BCUT2D eigenvalue weighted by Gasteiger charge is 2.41. The first kappa shape index (κ1) is 20.9. The van der Waals surface area contributed by atoms with Crippen LogP contribution in [-0.4, -0.2) is 77.0 Å². The lowest BCUT2D eigenvalue weighted by Gasteiger charge is -2.46. The topological polar surface area (TPSA) is 115 Å². The Morgan fingerprint density at radius 3 is 2.83 bits per heavy atom. The van der Waals surface area contributed by atoms with Gasteiger partial charge in [0.2, 0.25) is 11.8 Å². The van der Waals surface area contributed by atoms with Gasteiger partial charge in [-0.2, -0.15) is 0 Å². The van der Waals surface area contributed by atoms with Gasteiger partial charge < -0.3 is 25.4 Å². The summed E-state index contributed by atoms with van der Waals surface area (Å²) in [4.78, 5) is 19.1. The molecule has 1 aromatic carbocycles. The van der Waals surface area contributed by atoms with E-state index in [1.54, 1.807) is 19.2 Å². The monoisotopic (exact) mass is 417 g/mol. The summed E-state index contributed by atoms with van der Waals surface area (Å²) in [7, 11) is 1.66. The number of nitrogens with zero attached hydrogens (tertiary/aromatic N) is 2. The molecule has 8 nitrogen and oxygen atoms in total. The number of likely N-dealkylation sites (tertiary alicyclic amines) is 1. The maximum atomic E-state index is 12.5. The van der Waals surface area contributed by atoms with Gasteiger partial charge in [-0.15, -0.1) is 0 Å². The predicted molar refractivity (Wildman–Crippen MR) is 112 cm³/mol. The maximum Gasteiger partial charge on any atom is 0.237 e. The molecule has 4 unspecified atom stereocenters. The molecule has 0 aromatic heterocycles. The smallest absolute Gasteiger partial charge is 0.237 e. The molecular formula is C22H31N3O5. The number of aliphatic imine (C=N–C) groups is 1. The number of hydrogen-bond acceptors (Lipinski definition) is 7. The molecule has 1 aliphatic carbocycles. The minimum absolute atomic E-state index is 0.00256. The Hall–Kier alpha value is -2.32. The maximum absolute atomic E-state index is 12.5. The quantitative estimate of drug-likeness (QED) is 0.536. The second-order valence-electron chi connectivity index (χ2n) is 8.68. The number of aliphatic hydroxyl groups is 1. The fourth-order valence-corrected chi connectivity index (χ4v) is 5.14. The molecule has 0 spiro atoms. The van der Waals surface area contributed by atoms with Gasteiger partial charge in [-0.25, -0.2) is 4.99 Å².